The first-order valence-electron chi connectivity index (χ1n) is 7.78. The fourth-order valence-corrected chi connectivity index (χ4v) is 2.99. The van der Waals surface area contributed by atoms with Gasteiger partial charge in [-0.1, -0.05) is 23.3 Å². The largest absolute Gasteiger partial charge is 0.355 e. The van der Waals surface area contributed by atoms with Crippen LogP contribution in [-0.2, 0) is 11.2 Å². The van der Waals surface area contributed by atoms with Crippen molar-refractivity contribution in [2.75, 3.05) is 6.54 Å². The molecule has 0 bridgehead atoms. The van der Waals surface area contributed by atoms with Crippen LogP contribution in [0, 0.1) is 0 Å². The van der Waals surface area contributed by atoms with Gasteiger partial charge in [-0.3, -0.25) is 4.79 Å². The number of carbonyl (C=O) groups excluding carboxylic acids is 1. The molecule has 0 atom stereocenters. The van der Waals surface area contributed by atoms with E-state index >= 15 is 0 Å². The summed E-state index contributed by atoms with van der Waals surface area (Å²) in [5.74, 6) is 0.0194. The Labute approximate surface area is 135 Å². The molecule has 0 unspecified atom stereocenters. The molecule has 0 saturated heterocycles. The van der Waals surface area contributed by atoms with Gasteiger partial charge in [-0.05, 0) is 44.2 Å². The lowest BCUT2D eigenvalue weighted by Gasteiger charge is -2.12. The predicted molar refractivity (Wildman–Crippen MR) is 88.1 cm³/mol. The van der Waals surface area contributed by atoms with Gasteiger partial charge in [0.1, 0.15) is 5.65 Å². The Balaban J connectivity index is 1.51. The molecule has 0 fully saturated rings. The van der Waals surface area contributed by atoms with Crippen LogP contribution < -0.4 is 5.32 Å². The second-order valence-corrected chi connectivity index (χ2v) is 6.17. The number of halogens is 1. The van der Waals surface area contributed by atoms with E-state index in [1.165, 1.54) is 31.3 Å². The maximum Gasteiger partial charge on any atom is 0.226 e. The highest BCUT2D eigenvalue weighted by Crippen LogP contribution is 2.19. The number of hydrogen-bond donors (Lipinski definition) is 1. The van der Waals surface area contributed by atoms with Crippen LogP contribution in [-0.4, -0.2) is 21.8 Å². The number of nitrogens with one attached hydrogen (secondary N) is 1. The van der Waals surface area contributed by atoms with Crippen molar-refractivity contribution in [1.82, 2.24) is 14.7 Å². The van der Waals surface area contributed by atoms with Crippen LogP contribution in [0.2, 0.25) is 5.02 Å². The highest BCUT2D eigenvalue weighted by atomic mass is 35.5. The van der Waals surface area contributed by atoms with Crippen LogP contribution >= 0.6 is 11.6 Å². The summed E-state index contributed by atoms with van der Waals surface area (Å²) in [6, 6.07) is 3.64. The lowest BCUT2D eigenvalue weighted by Crippen LogP contribution is -2.26. The van der Waals surface area contributed by atoms with Gasteiger partial charge in [0, 0.05) is 18.9 Å². The Morgan fingerprint density at radius 2 is 2.23 bits per heavy atom. The summed E-state index contributed by atoms with van der Waals surface area (Å²) in [6.45, 7) is 0.712. The normalized spacial score (nSPS) is 14.9. The Hall–Kier alpha value is -1.81. The molecule has 1 aliphatic rings. The molecule has 4 nitrogen and oxygen atoms in total. The average Bonchev–Trinajstić information content (AvgIpc) is 2.89. The second-order valence-electron chi connectivity index (χ2n) is 5.73. The van der Waals surface area contributed by atoms with Gasteiger partial charge in [0.05, 0.1) is 17.1 Å². The highest BCUT2D eigenvalue weighted by Gasteiger charge is 2.09. The zero-order chi connectivity index (χ0) is 15.4. The van der Waals surface area contributed by atoms with E-state index in [-0.39, 0.29) is 5.91 Å². The van der Waals surface area contributed by atoms with Crippen molar-refractivity contribution in [1.29, 1.82) is 0 Å². The minimum absolute atomic E-state index is 0.0194. The maximum atomic E-state index is 12.0. The van der Waals surface area contributed by atoms with Crippen LogP contribution in [0.25, 0.3) is 5.65 Å². The predicted octanol–water partition coefficient (Wildman–Crippen LogP) is 3.54. The van der Waals surface area contributed by atoms with Gasteiger partial charge in [0.25, 0.3) is 0 Å². The van der Waals surface area contributed by atoms with E-state index in [4.69, 9.17) is 11.6 Å². The van der Waals surface area contributed by atoms with Crippen molar-refractivity contribution in [2.45, 2.75) is 38.5 Å². The molecule has 1 N–H and O–H groups in total. The molecule has 116 valence electrons. The minimum atomic E-state index is 0.0194. The van der Waals surface area contributed by atoms with Crippen LogP contribution in [0.1, 0.15) is 37.8 Å². The molecule has 2 aromatic rings. The number of amides is 1. The summed E-state index contributed by atoms with van der Waals surface area (Å²) in [5.41, 5.74) is 3.05. The number of imidazole rings is 1. The number of hydrogen-bond acceptors (Lipinski definition) is 2. The van der Waals surface area contributed by atoms with Crippen molar-refractivity contribution in [2.24, 2.45) is 0 Å². The smallest absolute Gasteiger partial charge is 0.226 e. The van der Waals surface area contributed by atoms with Gasteiger partial charge in [-0.25, -0.2) is 4.98 Å². The molecular formula is C17H20ClN3O. The quantitative estimate of drug-likeness (QED) is 0.857. The van der Waals surface area contributed by atoms with Crippen molar-refractivity contribution >= 4 is 23.2 Å². The Bertz CT molecular complexity index is 705. The third kappa shape index (κ3) is 3.89. The van der Waals surface area contributed by atoms with E-state index in [1.54, 1.807) is 12.3 Å². The highest BCUT2D eigenvalue weighted by molar-refractivity contribution is 6.30. The number of fused-ring (bicyclic) bond motifs is 1. The third-order valence-electron chi connectivity index (χ3n) is 3.96. The first-order chi connectivity index (χ1) is 10.7. The Kier molecular flexibility index (Phi) is 4.78. The third-order valence-corrected chi connectivity index (χ3v) is 4.18. The fraction of sp³-hybridized carbons (Fsp3) is 0.412. The van der Waals surface area contributed by atoms with Gasteiger partial charge in [-0.2, -0.15) is 0 Å². The fourth-order valence-electron chi connectivity index (χ4n) is 2.82. The van der Waals surface area contributed by atoms with E-state index in [1.807, 2.05) is 16.7 Å². The summed E-state index contributed by atoms with van der Waals surface area (Å²) < 4.78 is 1.85. The maximum absolute atomic E-state index is 12.0. The summed E-state index contributed by atoms with van der Waals surface area (Å²) in [7, 11) is 0. The number of carbonyl (C=O) groups is 1. The molecule has 0 saturated carbocycles. The molecule has 0 radical (unpaired) electrons. The summed E-state index contributed by atoms with van der Waals surface area (Å²) in [5, 5.41) is 3.63. The molecule has 0 aromatic carbocycles. The molecule has 22 heavy (non-hydrogen) atoms. The molecule has 0 spiro atoms. The number of nitrogens with zero attached hydrogens (tertiary/aromatic N) is 2. The first kappa shape index (κ1) is 15.1. The van der Waals surface area contributed by atoms with Crippen LogP contribution in [0.4, 0.5) is 0 Å². The van der Waals surface area contributed by atoms with E-state index in [2.05, 4.69) is 16.4 Å². The van der Waals surface area contributed by atoms with Gasteiger partial charge >= 0.3 is 0 Å². The van der Waals surface area contributed by atoms with E-state index in [9.17, 15) is 4.79 Å². The van der Waals surface area contributed by atoms with Crippen molar-refractivity contribution in [3.8, 4) is 0 Å². The van der Waals surface area contributed by atoms with E-state index in [0.717, 1.165) is 17.8 Å². The number of allylic oxidation sites excluding steroid dienone is 1. The number of aromatic nitrogens is 2. The summed E-state index contributed by atoms with van der Waals surface area (Å²) >= 11 is 5.94. The molecule has 2 heterocycles. The van der Waals surface area contributed by atoms with Gasteiger partial charge in [0.15, 0.2) is 0 Å². The lowest BCUT2D eigenvalue weighted by atomic mass is 9.97. The van der Waals surface area contributed by atoms with Crippen molar-refractivity contribution in [3.05, 3.63) is 46.9 Å². The number of pyridine rings is 1. The van der Waals surface area contributed by atoms with Crippen molar-refractivity contribution < 1.29 is 4.79 Å². The molecule has 1 aliphatic carbocycles. The van der Waals surface area contributed by atoms with E-state index < -0.39 is 0 Å². The molecule has 2 aromatic heterocycles. The van der Waals surface area contributed by atoms with Crippen LogP contribution in [0.5, 0.6) is 0 Å². The zero-order valence-electron chi connectivity index (χ0n) is 12.5. The zero-order valence-corrected chi connectivity index (χ0v) is 13.3. The van der Waals surface area contributed by atoms with Crippen LogP contribution in [0.3, 0.4) is 0 Å². The topological polar surface area (TPSA) is 46.4 Å². The van der Waals surface area contributed by atoms with Gasteiger partial charge in [0.2, 0.25) is 5.91 Å². The minimum Gasteiger partial charge on any atom is -0.355 e. The monoisotopic (exact) mass is 317 g/mol. The molecule has 3 rings (SSSR count). The standard InChI is InChI=1S/C17H20ClN3O/c18-14-6-7-16-20-15(12-21(16)11-14)10-17(22)19-9-8-13-4-2-1-3-5-13/h4,6-7,11-12H,1-3,5,8-10H2,(H,19,22). The van der Waals surface area contributed by atoms with Gasteiger partial charge in [-0.15, -0.1) is 0 Å². The molecule has 0 aliphatic heterocycles. The van der Waals surface area contributed by atoms with Crippen molar-refractivity contribution in [3.63, 3.8) is 0 Å². The first-order valence-corrected chi connectivity index (χ1v) is 8.16. The SMILES string of the molecule is O=C(Cc1cn2cc(Cl)ccc2n1)NCCC1=CCCCC1. The summed E-state index contributed by atoms with van der Waals surface area (Å²) in [6.07, 6.45) is 12.2. The van der Waals surface area contributed by atoms with Crippen LogP contribution in [0.15, 0.2) is 36.2 Å². The Morgan fingerprint density at radius 3 is 3.05 bits per heavy atom. The summed E-state index contributed by atoms with van der Waals surface area (Å²) in [4.78, 5) is 16.4. The number of rotatable bonds is 5. The molecule has 5 heteroatoms. The Morgan fingerprint density at radius 1 is 1.32 bits per heavy atom. The lowest BCUT2D eigenvalue weighted by molar-refractivity contribution is -0.120. The average molecular weight is 318 g/mol. The molecular weight excluding hydrogens is 298 g/mol. The van der Waals surface area contributed by atoms with Gasteiger partial charge < -0.3 is 9.72 Å². The second kappa shape index (κ2) is 6.97. The van der Waals surface area contributed by atoms with E-state index in [0.29, 0.717) is 18.0 Å². The molecule has 1 amide bonds.